The van der Waals surface area contributed by atoms with Crippen LogP contribution in [0.25, 0.3) is 0 Å². The first-order valence-electron chi connectivity index (χ1n) is 19.0. The van der Waals surface area contributed by atoms with Gasteiger partial charge in [-0.2, -0.15) is 0 Å². The summed E-state index contributed by atoms with van der Waals surface area (Å²) in [7, 11) is 0. The fourth-order valence-electron chi connectivity index (χ4n) is 8.22. The molecule has 0 aromatic rings. The highest BCUT2D eigenvalue weighted by molar-refractivity contribution is 5.77. The Labute approximate surface area is 260 Å². The summed E-state index contributed by atoms with van der Waals surface area (Å²) >= 11 is 0. The quantitative estimate of drug-likeness (QED) is 0.105. The standard InChI is InChI=1S/C38H68O4/c1-3-5-7-9-11-13-17-26-37(28-19-15-20-29-37)41-35(39)33-24-23-25-34(32-33)36(40)42-38(30-21-16-22-31-38)27-18-14-12-10-8-6-4-2/h33-34H,3-32H2,1-2H3. The van der Waals surface area contributed by atoms with Crippen LogP contribution < -0.4 is 0 Å². The van der Waals surface area contributed by atoms with E-state index in [-0.39, 0.29) is 35.0 Å². The predicted molar refractivity (Wildman–Crippen MR) is 174 cm³/mol. The third kappa shape index (κ3) is 12.5. The molecule has 0 radical (unpaired) electrons. The highest BCUT2D eigenvalue weighted by Crippen LogP contribution is 2.41. The van der Waals surface area contributed by atoms with Crippen molar-refractivity contribution in [2.24, 2.45) is 11.8 Å². The van der Waals surface area contributed by atoms with E-state index in [0.29, 0.717) is 6.42 Å². The first-order valence-corrected chi connectivity index (χ1v) is 19.0. The van der Waals surface area contributed by atoms with Crippen molar-refractivity contribution in [3.05, 3.63) is 0 Å². The van der Waals surface area contributed by atoms with Gasteiger partial charge in [-0.25, -0.2) is 0 Å². The van der Waals surface area contributed by atoms with Gasteiger partial charge in [-0.15, -0.1) is 0 Å². The Balaban J connectivity index is 1.48. The molecule has 0 spiro atoms. The van der Waals surface area contributed by atoms with Gasteiger partial charge in [0.15, 0.2) is 0 Å². The SMILES string of the molecule is CCCCCCCCCC1(OC(=O)C2CCCC(C(=O)OC3(CCCCCCCCC)CCCCC3)C2)CCCCC1. The lowest BCUT2D eigenvalue weighted by molar-refractivity contribution is -0.176. The molecule has 2 unspecified atom stereocenters. The van der Waals surface area contributed by atoms with Crippen molar-refractivity contribution in [1.82, 2.24) is 0 Å². The van der Waals surface area contributed by atoms with Gasteiger partial charge in [-0.3, -0.25) is 9.59 Å². The molecule has 3 saturated carbocycles. The van der Waals surface area contributed by atoms with Crippen LogP contribution in [0.5, 0.6) is 0 Å². The van der Waals surface area contributed by atoms with Gasteiger partial charge in [0.1, 0.15) is 11.2 Å². The van der Waals surface area contributed by atoms with E-state index >= 15 is 0 Å². The fraction of sp³-hybridized carbons (Fsp3) is 0.947. The van der Waals surface area contributed by atoms with Crippen molar-refractivity contribution >= 4 is 11.9 Å². The predicted octanol–water partition coefficient (Wildman–Crippen LogP) is 11.6. The Morgan fingerprint density at radius 2 is 0.857 bits per heavy atom. The van der Waals surface area contributed by atoms with Crippen LogP contribution in [0, 0.1) is 11.8 Å². The maximum absolute atomic E-state index is 13.6. The van der Waals surface area contributed by atoms with Gasteiger partial charge in [0, 0.05) is 0 Å². The molecule has 3 rings (SSSR count). The Bertz CT molecular complexity index is 673. The van der Waals surface area contributed by atoms with Crippen LogP contribution in [0.4, 0.5) is 0 Å². The molecule has 3 aliphatic carbocycles. The van der Waals surface area contributed by atoms with Crippen molar-refractivity contribution in [3.8, 4) is 0 Å². The monoisotopic (exact) mass is 589 g/mol. The van der Waals surface area contributed by atoms with Gasteiger partial charge in [0.25, 0.3) is 0 Å². The average molecular weight is 589 g/mol. The molecule has 4 heteroatoms. The molecule has 0 aromatic heterocycles. The molecule has 2 atom stereocenters. The minimum absolute atomic E-state index is 0.0206. The van der Waals surface area contributed by atoms with Crippen molar-refractivity contribution in [1.29, 1.82) is 0 Å². The number of carbonyl (C=O) groups excluding carboxylic acids is 2. The molecule has 0 aliphatic heterocycles. The van der Waals surface area contributed by atoms with Crippen LogP contribution in [0.15, 0.2) is 0 Å². The number of unbranched alkanes of at least 4 members (excludes halogenated alkanes) is 12. The summed E-state index contributed by atoms with van der Waals surface area (Å²) in [6.07, 6.45) is 34.7. The Morgan fingerprint density at radius 1 is 0.500 bits per heavy atom. The highest BCUT2D eigenvalue weighted by Gasteiger charge is 2.42. The van der Waals surface area contributed by atoms with E-state index < -0.39 is 0 Å². The number of esters is 2. The lowest BCUT2D eigenvalue weighted by atomic mass is 9.78. The molecule has 0 heterocycles. The first kappa shape index (κ1) is 35.4. The largest absolute Gasteiger partial charge is 0.459 e. The molecule has 0 N–H and O–H groups in total. The smallest absolute Gasteiger partial charge is 0.309 e. The summed E-state index contributed by atoms with van der Waals surface area (Å²) in [6.45, 7) is 4.54. The molecule has 0 aromatic carbocycles. The van der Waals surface area contributed by atoms with E-state index in [0.717, 1.165) is 57.8 Å². The number of carbonyl (C=O) groups is 2. The third-order valence-corrected chi connectivity index (χ3v) is 11.0. The van der Waals surface area contributed by atoms with Crippen molar-refractivity contribution in [2.45, 2.75) is 218 Å². The second-order valence-corrected chi connectivity index (χ2v) is 14.6. The van der Waals surface area contributed by atoms with Gasteiger partial charge < -0.3 is 9.47 Å². The number of rotatable bonds is 20. The molecule has 244 valence electrons. The summed E-state index contributed by atoms with van der Waals surface area (Å²) < 4.78 is 12.9. The maximum atomic E-state index is 13.6. The second kappa shape index (κ2) is 20.1. The summed E-state index contributed by atoms with van der Waals surface area (Å²) in [5.41, 5.74) is -0.510. The van der Waals surface area contributed by atoms with Crippen LogP contribution in [0.2, 0.25) is 0 Å². The number of ether oxygens (including phenoxy) is 2. The zero-order valence-corrected chi connectivity index (χ0v) is 28.0. The maximum Gasteiger partial charge on any atom is 0.309 e. The van der Waals surface area contributed by atoms with Crippen LogP contribution in [0.1, 0.15) is 206 Å². The molecular formula is C38H68O4. The van der Waals surface area contributed by atoms with Gasteiger partial charge >= 0.3 is 11.9 Å². The molecule has 0 bridgehead atoms. The van der Waals surface area contributed by atoms with Gasteiger partial charge in [-0.05, 0) is 96.3 Å². The lowest BCUT2D eigenvalue weighted by Crippen LogP contribution is -2.42. The molecule has 0 saturated heterocycles. The van der Waals surface area contributed by atoms with E-state index in [4.69, 9.17) is 9.47 Å². The Morgan fingerprint density at radius 3 is 1.24 bits per heavy atom. The summed E-state index contributed by atoms with van der Waals surface area (Å²) in [4.78, 5) is 27.2. The van der Waals surface area contributed by atoms with Crippen LogP contribution in [-0.4, -0.2) is 23.1 Å². The fourth-order valence-corrected chi connectivity index (χ4v) is 8.22. The zero-order valence-electron chi connectivity index (χ0n) is 28.0. The summed E-state index contributed by atoms with van der Waals surface area (Å²) in [5, 5.41) is 0. The van der Waals surface area contributed by atoms with Gasteiger partial charge in [0.05, 0.1) is 11.8 Å². The third-order valence-electron chi connectivity index (χ3n) is 11.0. The zero-order chi connectivity index (χ0) is 29.9. The van der Waals surface area contributed by atoms with E-state index in [2.05, 4.69) is 13.8 Å². The van der Waals surface area contributed by atoms with E-state index in [1.807, 2.05) is 0 Å². The number of hydrogen-bond donors (Lipinski definition) is 0. The normalized spacial score (nSPS) is 23.8. The van der Waals surface area contributed by atoms with Crippen LogP contribution in [0.3, 0.4) is 0 Å². The minimum Gasteiger partial charge on any atom is -0.459 e. The Hall–Kier alpha value is -1.06. The van der Waals surface area contributed by atoms with E-state index in [9.17, 15) is 9.59 Å². The number of hydrogen-bond acceptors (Lipinski definition) is 4. The molecular weight excluding hydrogens is 520 g/mol. The Kier molecular flexibility index (Phi) is 16.9. The topological polar surface area (TPSA) is 52.6 Å². The summed E-state index contributed by atoms with van der Waals surface area (Å²) in [5.74, 6) is -0.329. The van der Waals surface area contributed by atoms with E-state index in [1.165, 1.54) is 128 Å². The first-order chi connectivity index (χ1) is 20.5. The lowest BCUT2D eigenvalue weighted by Gasteiger charge is -2.40. The van der Waals surface area contributed by atoms with Crippen LogP contribution >= 0.6 is 0 Å². The molecule has 4 nitrogen and oxygen atoms in total. The average Bonchev–Trinajstić information content (AvgIpc) is 3.01. The van der Waals surface area contributed by atoms with Crippen molar-refractivity contribution in [2.75, 3.05) is 0 Å². The van der Waals surface area contributed by atoms with Crippen molar-refractivity contribution < 1.29 is 19.1 Å². The molecule has 42 heavy (non-hydrogen) atoms. The molecule has 0 amide bonds. The van der Waals surface area contributed by atoms with Crippen molar-refractivity contribution in [3.63, 3.8) is 0 Å². The highest BCUT2D eigenvalue weighted by atomic mass is 16.6. The second-order valence-electron chi connectivity index (χ2n) is 14.6. The van der Waals surface area contributed by atoms with Crippen LogP contribution in [-0.2, 0) is 19.1 Å². The molecule has 3 aliphatic rings. The summed E-state index contributed by atoms with van der Waals surface area (Å²) in [6, 6.07) is 0. The molecule has 3 fully saturated rings. The van der Waals surface area contributed by atoms with Gasteiger partial charge in [0.2, 0.25) is 0 Å². The minimum atomic E-state index is -0.255. The van der Waals surface area contributed by atoms with E-state index in [1.54, 1.807) is 0 Å². The van der Waals surface area contributed by atoms with Gasteiger partial charge in [-0.1, -0.05) is 110 Å².